The molecule has 0 aliphatic rings. The SMILES string of the molecule is NS(=O)(=O)c1cc(F)c(-c2cc(C(F)F)nn2-c2cc(F)cc(F)c2)cc1F. The van der Waals surface area contributed by atoms with E-state index in [2.05, 4.69) is 5.10 Å². The second-order valence-electron chi connectivity index (χ2n) is 5.60. The van der Waals surface area contributed by atoms with Crippen molar-refractivity contribution in [3.05, 3.63) is 65.4 Å². The third-order valence-electron chi connectivity index (χ3n) is 3.65. The summed E-state index contributed by atoms with van der Waals surface area (Å²) in [6.45, 7) is 0. The number of primary sulfonamides is 1. The van der Waals surface area contributed by atoms with Crippen molar-refractivity contribution in [1.29, 1.82) is 0 Å². The van der Waals surface area contributed by atoms with Crippen molar-refractivity contribution >= 4 is 10.0 Å². The van der Waals surface area contributed by atoms with Crippen molar-refractivity contribution in [2.75, 3.05) is 0 Å². The summed E-state index contributed by atoms with van der Waals surface area (Å²) in [5.74, 6) is -4.91. The van der Waals surface area contributed by atoms with Gasteiger partial charge in [0.05, 0.1) is 11.4 Å². The fraction of sp³-hybridized carbons (Fsp3) is 0.0625. The molecule has 3 aromatic rings. The molecule has 0 unspecified atom stereocenters. The van der Waals surface area contributed by atoms with Crippen molar-refractivity contribution in [3.63, 3.8) is 0 Å². The lowest BCUT2D eigenvalue weighted by Crippen LogP contribution is -2.15. The molecule has 148 valence electrons. The Morgan fingerprint density at radius 1 is 0.893 bits per heavy atom. The number of benzene rings is 2. The van der Waals surface area contributed by atoms with E-state index in [1.807, 2.05) is 0 Å². The van der Waals surface area contributed by atoms with Gasteiger partial charge in [0.15, 0.2) is 0 Å². The first-order valence-corrected chi connectivity index (χ1v) is 8.89. The molecular formula is C16H9F6N3O2S. The highest BCUT2D eigenvalue weighted by atomic mass is 32.2. The van der Waals surface area contributed by atoms with Crippen molar-refractivity contribution in [1.82, 2.24) is 9.78 Å². The Labute approximate surface area is 154 Å². The van der Waals surface area contributed by atoms with Gasteiger partial charge in [-0.05, 0) is 30.3 Å². The molecule has 1 aromatic heterocycles. The number of hydrogen-bond donors (Lipinski definition) is 1. The van der Waals surface area contributed by atoms with E-state index in [4.69, 9.17) is 5.14 Å². The number of alkyl halides is 2. The first kappa shape index (κ1) is 19.9. The van der Waals surface area contributed by atoms with Gasteiger partial charge in [-0.25, -0.2) is 44.6 Å². The zero-order valence-electron chi connectivity index (χ0n) is 13.5. The van der Waals surface area contributed by atoms with Gasteiger partial charge in [-0.15, -0.1) is 0 Å². The van der Waals surface area contributed by atoms with Crippen LogP contribution in [0.1, 0.15) is 12.1 Å². The third-order valence-corrected chi connectivity index (χ3v) is 4.57. The lowest BCUT2D eigenvalue weighted by atomic mass is 10.1. The van der Waals surface area contributed by atoms with Crippen LogP contribution in [0.4, 0.5) is 26.3 Å². The molecule has 5 nitrogen and oxygen atoms in total. The molecule has 28 heavy (non-hydrogen) atoms. The minimum absolute atomic E-state index is 0.269. The normalized spacial score (nSPS) is 12.0. The predicted octanol–water partition coefficient (Wildman–Crippen LogP) is 3.68. The number of aromatic nitrogens is 2. The maximum Gasteiger partial charge on any atom is 0.282 e. The topological polar surface area (TPSA) is 78.0 Å². The molecule has 0 aliphatic carbocycles. The highest BCUT2D eigenvalue weighted by molar-refractivity contribution is 7.89. The van der Waals surface area contributed by atoms with Crippen molar-refractivity contribution < 1.29 is 34.8 Å². The monoisotopic (exact) mass is 421 g/mol. The van der Waals surface area contributed by atoms with Gasteiger partial charge < -0.3 is 0 Å². The van der Waals surface area contributed by atoms with E-state index >= 15 is 0 Å². The highest BCUT2D eigenvalue weighted by Gasteiger charge is 2.24. The first-order chi connectivity index (χ1) is 13.0. The van der Waals surface area contributed by atoms with Crippen molar-refractivity contribution in [2.24, 2.45) is 5.14 Å². The average molecular weight is 421 g/mol. The molecule has 0 spiro atoms. The molecule has 0 amide bonds. The average Bonchev–Trinajstić information content (AvgIpc) is 3.00. The molecule has 12 heteroatoms. The minimum Gasteiger partial charge on any atom is -0.232 e. The van der Waals surface area contributed by atoms with Gasteiger partial charge in [0.1, 0.15) is 33.9 Å². The summed E-state index contributed by atoms with van der Waals surface area (Å²) in [6.07, 6.45) is -3.13. The van der Waals surface area contributed by atoms with E-state index in [0.717, 1.165) is 12.1 Å². The van der Waals surface area contributed by atoms with Crippen LogP contribution in [0.25, 0.3) is 16.9 Å². The Bertz CT molecular complexity index is 1160. The Morgan fingerprint density at radius 2 is 1.50 bits per heavy atom. The summed E-state index contributed by atoms with van der Waals surface area (Å²) in [4.78, 5) is -1.15. The van der Waals surface area contributed by atoms with Gasteiger partial charge in [-0.2, -0.15) is 5.10 Å². The Morgan fingerprint density at radius 3 is 2.04 bits per heavy atom. The van der Waals surface area contributed by atoms with Crippen LogP contribution in [0, 0.1) is 23.3 Å². The van der Waals surface area contributed by atoms with E-state index in [1.54, 1.807) is 0 Å². The van der Waals surface area contributed by atoms with E-state index in [1.165, 1.54) is 0 Å². The summed E-state index contributed by atoms with van der Waals surface area (Å²) in [5, 5.41) is 8.26. The van der Waals surface area contributed by atoms with E-state index in [-0.39, 0.29) is 11.8 Å². The maximum absolute atomic E-state index is 14.4. The first-order valence-electron chi connectivity index (χ1n) is 7.34. The zero-order valence-corrected chi connectivity index (χ0v) is 14.3. The Hall–Kier alpha value is -2.86. The van der Waals surface area contributed by atoms with E-state index < -0.39 is 61.6 Å². The summed E-state index contributed by atoms with van der Waals surface area (Å²) >= 11 is 0. The molecule has 0 saturated carbocycles. The van der Waals surface area contributed by atoms with Crippen LogP contribution in [-0.4, -0.2) is 18.2 Å². The summed E-state index contributed by atoms with van der Waals surface area (Å²) in [5.41, 5.74) is -2.42. The molecule has 2 N–H and O–H groups in total. The van der Waals surface area contributed by atoms with Crippen LogP contribution in [0.15, 0.2) is 41.3 Å². The molecule has 0 bridgehead atoms. The fourth-order valence-electron chi connectivity index (χ4n) is 2.50. The quantitative estimate of drug-likeness (QED) is 0.653. The van der Waals surface area contributed by atoms with Crippen LogP contribution in [-0.2, 0) is 10.0 Å². The van der Waals surface area contributed by atoms with Gasteiger partial charge in [-0.3, -0.25) is 0 Å². The lowest BCUT2D eigenvalue weighted by molar-refractivity contribution is 0.145. The summed E-state index contributed by atoms with van der Waals surface area (Å²) in [6, 6.07) is 3.35. The second-order valence-corrected chi connectivity index (χ2v) is 7.13. The lowest BCUT2D eigenvalue weighted by Gasteiger charge is -2.10. The second kappa shape index (κ2) is 6.95. The van der Waals surface area contributed by atoms with Crippen LogP contribution in [0.3, 0.4) is 0 Å². The number of hydrogen-bond acceptors (Lipinski definition) is 3. The van der Waals surface area contributed by atoms with Gasteiger partial charge in [0.2, 0.25) is 10.0 Å². The molecule has 0 fully saturated rings. The number of halogens is 6. The van der Waals surface area contributed by atoms with Crippen LogP contribution in [0.2, 0.25) is 0 Å². The molecule has 1 heterocycles. The highest BCUT2D eigenvalue weighted by Crippen LogP contribution is 2.32. The van der Waals surface area contributed by atoms with E-state index in [0.29, 0.717) is 22.9 Å². The number of sulfonamides is 1. The molecule has 0 atom stereocenters. The Balaban J connectivity index is 2.29. The number of rotatable bonds is 4. The largest absolute Gasteiger partial charge is 0.282 e. The maximum atomic E-state index is 14.4. The number of nitrogens with zero attached hydrogens (tertiary/aromatic N) is 2. The molecule has 0 saturated heterocycles. The van der Waals surface area contributed by atoms with Gasteiger partial charge in [-0.1, -0.05) is 0 Å². The molecular weight excluding hydrogens is 412 g/mol. The van der Waals surface area contributed by atoms with E-state index in [9.17, 15) is 34.8 Å². The van der Waals surface area contributed by atoms with Gasteiger partial charge >= 0.3 is 0 Å². The summed E-state index contributed by atoms with van der Waals surface area (Å²) in [7, 11) is -4.59. The number of nitrogens with two attached hydrogens (primary N) is 1. The summed E-state index contributed by atoms with van der Waals surface area (Å²) < 4.78 is 105. The van der Waals surface area contributed by atoms with Crippen LogP contribution in [0.5, 0.6) is 0 Å². The predicted molar refractivity (Wildman–Crippen MR) is 85.2 cm³/mol. The van der Waals surface area contributed by atoms with Crippen LogP contribution >= 0.6 is 0 Å². The van der Waals surface area contributed by atoms with Crippen molar-refractivity contribution in [2.45, 2.75) is 11.3 Å². The van der Waals surface area contributed by atoms with Crippen LogP contribution < -0.4 is 5.14 Å². The van der Waals surface area contributed by atoms with Crippen molar-refractivity contribution in [3.8, 4) is 16.9 Å². The zero-order chi connectivity index (χ0) is 20.8. The fourth-order valence-corrected chi connectivity index (χ4v) is 3.10. The third kappa shape index (κ3) is 3.73. The smallest absolute Gasteiger partial charge is 0.232 e. The minimum atomic E-state index is -4.59. The molecule has 2 aromatic carbocycles. The molecule has 0 radical (unpaired) electrons. The molecule has 3 rings (SSSR count). The Kier molecular flexibility index (Phi) is 4.93. The van der Waals surface area contributed by atoms with Gasteiger partial charge in [0, 0.05) is 11.6 Å². The molecule has 0 aliphatic heterocycles. The van der Waals surface area contributed by atoms with Gasteiger partial charge in [0.25, 0.3) is 6.43 Å². The standard InChI is InChI=1S/C16H9F6N3O2S/c17-7-1-8(18)3-9(2-7)25-14(6-13(24-25)16(21)22)10-4-12(20)15(5-11(10)19)28(23,26)27/h1-6,16H,(H2,23,26,27).